The number of aliphatic hydroxyl groups is 1. The van der Waals surface area contributed by atoms with Crippen LogP contribution in [0.1, 0.15) is 25.3 Å². The number of fused-ring (bicyclic) bond motifs is 1. The molecule has 2 aromatic heterocycles. The Labute approximate surface area is 226 Å². The minimum absolute atomic E-state index is 0.109. The summed E-state index contributed by atoms with van der Waals surface area (Å²) in [5.41, 5.74) is 4.84. The van der Waals surface area contributed by atoms with Crippen molar-refractivity contribution in [2.45, 2.75) is 32.0 Å². The summed E-state index contributed by atoms with van der Waals surface area (Å²) >= 11 is 0. The summed E-state index contributed by atoms with van der Waals surface area (Å²) in [5, 5.41) is 20.4. The van der Waals surface area contributed by atoms with Crippen molar-refractivity contribution < 1.29 is 24.1 Å². The second kappa shape index (κ2) is 11.1. The number of pyridine rings is 1. The summed E-state index contributed by atoms with van der Waals surface area (Å²) in [6, 6.07) is 15.7. The summed E-state index contributed by atoms with van der Waals surface area (Å²) < 4.78 is 17.0. The number of hydrogen-bond acceptors (Lipinski definition) is 7. The van der Waals surface area contributed by atoms with E-state index in [9.17, 15) is 15.2 Å². The highest BCUT2D eigenvalue weighted by molar-refractivity contribution is 5.96. The summed E-state index contributed by atoms with van der Waals surface area (Å²) in [4.78, 5) is 21.5. The van der Waals surface area contributed by atoms with Crippen molar-refractivity contribution in [2.75, 3.05) is 27.3 Å². The molecule has 0 spiro atoms. The molecular formula is C30H30N4O5. The lowest BCUT2D eigenvalue weighted by Gasteiger charge is -2.33. The number of likely N-dealkylation sites (tertiary alicyclic amines) is 1. The van der Waals surface area contributed by atoms with Crippen LogP contribution in [0.3, 0.4) is 0 Å². The highest BCUT2D eigenvalue weighted by atomic mass is 16.5. The van der Waals surface area contributed by atoms with Gasteiger partial charge in [-0.3, -0.25) is 4.79 Å². The lowest BCUT2D eigenvalue weighted by atomic mass is 10.00. The molecule has 9 heteroatoms. The van der Waals surface area contributed by atoms with Crippen molar-refractivity contribution in [1.29, 1.82) is 5.26 Å². The summed E-state index contributed by atoms with van der Waals surface area (Å²) in [7, 11) is 3.21. The number of methoxy groups -OCH3 is 2. The number of ether oxygens (including phenoxy) is 3. The number of aliphatic hydroxyl groups excluding tert-OH is 1. The molecule has 0 unspecified atom stereocenters. The number of nitrogens with zero attached hydrogens (tertiary/aromatic N) is 3. The van der Waals surface area contributed by atoms with Gasteiger partial charge in [-0.25, -0.2) is 4.98 Å². The van der Waals surface area contributed by atoms with Crippen molar-refractivity contribution in [3.8, 4) is 45.6 Å². The Balaban J connectivity index is 1.39. The molecule has 0 bridgehead atoms. The lowest BCUT2D eigenvalue weighted by Crippen LogP contribution is -2.45. The van der Waals surface area contributed by atoms with Gasteiger partial charge < -0.3 is 29.2 Å². The zero-order chi connectivity index (χ0) is 27.5. The minimum Gasteiger partial charge on any atom is -0.493 e. The van der Waals surface area contributed by atoms with Crippen molar-refractivity contribution >= 4 is 16.9 Å². The molecule has 1 atom stereocenters. The Bertz CT molecular complexity index is 1550. The maximum absolute atomic E-state index is 12.0. The van der Waals surface area contributed by atoms with Gasteiger partial charge >= 0.3 is 0 Å². The van der Waals surface area contributed by atoms with Crippen molar-refractivity contribution in [3.63, 3.8) is 0 Å². The maximum atomic E-state index is 12.0. The standard InChI is InChI=1S/C30H30N4O5/c1-18(35)30(36)34-10-8-23(9-11-34)39-26-6-5-20(12-21(26)15-31)25-17-33-29-24(25)13-22(16-32-29)19-4-7-27(37-2)28(14-19)38-3/h4-7,12-14,16-18,23,35H,8-11H2,1-3H3,(H,32,33)/t18-/m0/s1. The fourth-order valence-corrected chi connectivity index (χ4v) is 4.94. The molecule has 9 nitrogen and oxygen atoms in total. The Hall–Kier alpha value is -4.55. The fraction of sp³-hybridized carbons (Fsp3) is 0.300. The number of rotatable bonds is 7. The minimum atomic E-state index is -1.00. The smallest absolute Gasteiger partial charge is 0.251 e. The van der Waals surface area contributed by atoms with Crippen LogP contribution in [0.4, 0.5) is 0 Å². The number of piperidine rings is 1. The van der Waals surface area contributed by atoms with E-state index in [0.29, 0.717) is 48.7 Å². The molecule has 200 valence electrons. The average Bonchev–Trinajstić information content (AvgIpc) is 3.40. The van der Waals surface area contributed by atoms with E-state index in [1.165, 1.54) is 6.92 Å². The molecule has 0 radical (unpaired) electrons. The third-order valence-corrected chi connectivity index (χ3v) is 7.06. The Morgan fingerprint density at radius 2 is 1.77 bits per heavy atom. The van der Waals surface area contributed by atoms with Crippen LogP contribution in [0.25, 0.3) is 33.3 Å². The first-order valence-electron chi connectivity index (χ1n) is 12.8. The lowest BCUT2D eigenvalue weighted by molar-refractivity contribution is -0.141. The van der Waals surface area contributed by atoms with E-state index < -0.39 is 6.10 Å². The number of nitriles is 1. The number of benzene rings is 2. The highest BCUT2D eigenvalue weighted by Gasteiger charge is 2.26. The van der Waals surface area contributed by atoms with Crippen LogP contribution in [0.5, 0.6) is 17.2 Å². The van der Waals surface area contributed by atoms with Gasteiger partial charge in [0.1, 0.15) is 29.7 Å². The Kier molecular flexibility index (Phi) is 7.39. The summed E-state index contributed by atoms with van der Waals surface area (Å²) in [6.07, 6.45) is 3.86. The first-order chi connectivity index (χ1) is 18.9. The van der Waals surface area contributed by atoms with E-state index >= 15 is 0 Å². The number of hydrogen-bond donors (Lipinski definition) is 2. The summed E-state index contributed by atoms with van der Waals surface area (Å²) in [6.45, 7) is 2.50. The molecular weight excluding hydrogens is 496 g/mol. The molecule has 0 saturated carbocycles. The van der Waals surface area contributed by atoms with Crippen LogP contribution in [0.15, 0.2) is 54.9 Å². The number of carbonyl (C=O) groups is 1. The second-order valence-corrected chi connectivity index (χ2v) is 9.53. The predicted octanol–water partition coefficient (Wildman–Crippen LogP) is 4.54. The first kappa shape index (κ1) is 26.1. The van der Waals surface area contributed by atoms with Crippen LogP contribution < -0.4 is 14.2 Å². The van der Waals surface area contributed by atoms with Gasteiger partial charge in [-0.2, -0.15) is 5.26 Å². The normalized spacial score (nSPS) is 14.6. The number of nitrogens with one attached hydrogen (secondary N) is 1. The van der Waals surface area contributed by atoms with Gasteiger partial charge in [0.2, 0.25) is 0 Å². The Morgan fingerprint density at radius 3 is 2.46 bits per heavy atom. The van der Waals surface area contributed by atoms with Crippen molar-refractivity contribution in [1.82, 2.24) is 14.9 Å². The number of H-pyrrole nitrogens is 1. The molecule has 1 aliphatic heterocycles. The van der Waals surface area contributed by atoms with Gasteiger partial charge in [0.05, 0.1) is 19.8 Å². The van der Waals surface area contributed by atoms with Gasteiger partial charge in [0, 0.05) is 54.8 Å². The molecule has 1 amide bonds. The fourth-order valence-electron chi connectivity index (χ4n) is 4.94. The monoisotopic (exact) mass is 526 g/mol. The molecule has 1 saturated heterocycles. The molecule has 0 aliphatic carbocycles. The molecule has 2 N–H and O–H groups in total. The zero-order valence-electron chi connectivity index (χ0n) is 22.1. The van der Waals surface area contributed by atoms with Crippen LogP contribution in [-0.4, -0.2) is 65.4 Å². The Morgan fingerprint density at radius 1 is 1.05 bits per heavy atom. The number of aromatic amines is 1. The van der Waals surface area contributed by atoms with E-state index in [0.717, 1.165) is 33.3 Å². The van der Waals surface area contributed by atoms with Gasteiger partial charge in [-0.1, -0.05) is 12.1 Å². The van der Waals surface area contributed by atoms with Gasteiger partial charge in [-0.05, 0) is 48.4 Å². The second-order valence-electron chi connectivity index (χ2n) is 9.53. The molecule has 4 aromatic rings. The molecule has 5 rings (SSSR count). The van der Waals surface area contributed by atoms with E-state index in [4.69, 9.17) is 14.2 Å². The SMILES string of the molecule is COc1ccc(-c2cnc3[nH]cc(-c4ccc(OC5CCN(C(=O)[C@H](C)O)CC5)c(C#N)c4)c3c2)cc1OC. The van der Waals surface area contributed by atoms with Crippen molar-refractivity contribution in [2.24, 2.45) is 0 Å². The number of aromatic nitrogens is 2. The average molecular weight is 527 g/mol. The molecule has 39 heavy (non-hydrogen) atoms. The van der Waals surface area contributed by atoms with Crippen LogP contribution >= 0.6 is 0 Å². The van der Waals surface area contributed by atoms with Crippen molar-refractivity contribution in [3.05, 3.63) is 60.4 Å². The maximum Gasteiger partial charge on any atom is 0.251 e. The third kappa shape index (κ3) is 5.24. The van der Waals surface area contributed by atoms with Crippen LogP contribution in [0, 0.1) is 11.3 Å². The quantitative estimate of drug-likeness (QED) is 0.363. The number of carbonyl (C=O) groups excluding carboxylic acids is 1. The largest absolute Gasteiger partial charge is 0.493 e. The van der Waals surface area contributed by atoms with Crippen LogP contribution in [-0.2, 0) is 4.79 Å². The van der Waals surface area contributed by atoms with E-state index in [1.807, 2.05) is 48.8 Å². The number of amides is 1. The summed E-state index contributed by atoms with van der Waals surface area (Å²) in [5.74, 6) is 1.55. The highest BCUT2D eigenvalue weighted by Crippen LogP contribution is 2.36. The van der Waals surface area contributed by atoms with Gasteiger partial charge in [0.25, 0.3) is 5.91 Å². The van der Waals surface area contributed by atoms with Gasteiger partial charge in [0.15, 0.2) is 11.5 Å². The zero-order valence-corrected chi connectivity index (χ0v) is 22.1. The topological polar surface area (TPSA) is 121 Å². The molecule has 2 aromatic carbocycles. The molecule has 1 aliphatic rings. The van der Waals surface area contributed by atoms with E-state index in [1.54, 1.807) is 19.1 Å². The molecule has 3 heterocycles. The predicted molar refractivity (Wildman–Crippen MR) is 147 cm³/mol. The first-order valence-corrected chi connectivity index (χ1v) is 12.8. The third-order valence-electron chi connectivity index (χ3n) is 7.06. The van der Waals surface area contributed by atoms with E-state index in [2.05, 4.69) is 22.1 Å². The van der Waals surface area contributed by atoms with E-state index in [-0.39, 0.29) is 12.0 Å². The van der Waals surface area contributed by atoms with Gasteiger partial charge in [-0.15, -0.1) is 0 Å². The van der Waals surface area contributed by atoms with Crippen LogP contribution in [0.2, 0.25) is 0 Å². The molecule has 1 fully saturated rings.